The van der Waals surface area contributed by atoms with Crippen LogP contribution in [0.4, 0.5) is 0 Å². The van der Waals surface area contributed by atoms with E-state index in [1.165, 1.54) is 12.8 Å². The van der Waals surface area contributed by atoms with Crippen molar-refractivity contribution in [1.29, 1.82) is 0 Å². The molecule has 0 unspecified atom stereocenters. The first kappa shape index (κ1) is 15.4. The Morgan fingerprint density at radius 2 is 1.67 bits per heavy atom. The highest BCUT2D eigenvalue weighted by molar-refractivity contribution is 5.92. The largest absolute Gasteiger partial charge is 0.481 e. The highest BCUT2D eigenvalue weighted by atomic mass is 16.5. The first-order valence-electron chi connectivity index (χ1n) is 7.43. The van der Waals surface area contributed by atoms with Crippen LogP contribution in [0.1, 0.15) is 43.0 Å². The maximum atomic E-state index is 12.4. The van der Waals surface area contributed by atoms with Crippen molar-refractivity contribution >= 4 is 11.8 Å². The lowest BCUT2D eigenvalue weighted by Crippen LogP contribution is -2.41. The molecule has 2 amide bonds. The van der Waals surface area contributed by atoms with Crippen molar-refractivity contribution in [2.45, 2.75) is 38.7 Å². The van der Waals surface area contributed by atoms with E-state index < -0.39 is 12.0 Å². The lowest BCUT2D eigenvalue weighted by molar-refractivity contribution is -0.137. The van der Waals surface area contributed by atoms with Crippen LogP contribution < -0.4 is 10.5 Å². The molecule has 1 aromatic carbocycles. The average Bonchev–Trinajstić information content (AvgIpc) is 2.76. The Kier molecular flexibility index (Phi) is 5.20. The molecule has 5 heteroatoms. The van der Waals surface area contributed by atoms with Gasteiger partial charge in [-0.15, -0.1) is 0 Å². The number of carbonyl (C=O) groups is 2. The van der Waals surface area contributed by atoms with Gasteiger partial charge in [0.2, 0.25) is 5.91 Å². The summed E-state index contributed by atoms with van der Waals surface area (Å²) >= 11 is 0. The first-order chi connectivity index (χ1) is 10.1. The van der Waals surface area contributed by atoms with E-state index in [1.54, 1.807) is 31.2 Å². The average molecular weight is 290 g/mol. The summed E-state index contributed by atoms with van der Waals surface area (Å²) in [5, 5.41) is 0. The monoisotopic (exact) mass is 290 g/mol. The summed E-state index contributed by atoms with van der Waals surface area (Å²) in [6, 6.07) is 6.51. The van der Waals surface area contributed by atoms with Gasteiger partial charge in [-0.3, -0.25) is 9.59 Å². The van der Waals surface area contributed by atoms with E-state index in [0.29, 0.717) is 11.3 Å². The van der Waals surface area contributed by atoms with E-state index in [0.717, 1.165) is 25.9 Å². The third-order valence-corrected chi connectivity index (χ3v) is 3.72. The number of hydrogen-bond acceptors (Lipinski definition) is 3. The number of primary amides is 1. The Balaban J connectivity index is 1.94. The zero-order valence-corrected chi connectivity index (χ0v) is 12.4. The molecule has 1 aliphatic rings. The molecule has 1 atom stereocenters. The maximum absolute atomic E-state index is 12.4. The molecule has 1 aromatic rings. The second-order valence-corrected chi connectivity index (χ2v) is 5.39. The number of hydrogen-bond donors (Lipinski definition) is 1. The topological polar surface area (TPSA) is 72.6 Å². The van der Waals surface area contributed by atoms with Crippen LogP contribution in [0.25, 0.3) is 0 Å². The van der Waals surface area contributed by atoms with Crippen LogP contribution in [-0.2, 0) is 4.79 Å². The van der Waals surface area contributed by atoms with Crippen LogP contribution in [0.2, 0.25) is 0 Å². The Morgan fingerprint density at radius 1 is 1.10 bits per heavy atom. The fraction of sp³-hybridized carbons (Fsp3) is 0.500. The standard InChI is InChI=1S/C16H22N2O3/c1-12(16(20)18-10-4-2-3-5-11-18)21-14-8-6-13(7-9-14)15(17)19/h6-9,12H,2-5,10-11H2,1H3,(H2,17,19)/t12-/m1/s1. The normalized spacial score (nSPS) is 16.9. The summed E-state index contributed by atoms with van der Waals surface area (Å²) in [6.07, 6.45) is 3.97. The van der Waals surface area contributed by atoms with Gasteiger partial charge in [0.25, 0.3) is 5.91 Å². The molecule has 0 spiro atoms. The molecule has 114 valence electrons. The minimum Gasteiger partial charge on any atom is -0.481 e. The number of nitrogens with two attached hydrogens (primary N) is 1. The van der Waals surface area contributed by atoms with Crippen LogP contribution in [0.15, 0.2) is 24.3 Å². The SMILES string of the molecule is C[C@@H](Oc1ccc(C(N)=O)cc1)C(=O)N1CCCCCC1. The third-order valence-electron chi connectivity index (χ3n) is 3.72. The van der Waals surface area contributed by atoms with Crippen LogP contribution in [0, 0.1) is 0 Å². The predicted molar refractivity (Wildman–Crippen MR) is 80.1 cm³/mol. The number of likely N-dealkylation sites (tertiary alicyclic amines) is 1. The molecule has 5 nitrogen and oxygen atoms in total. The van der Waals surface area contributed by atoms with Crippen LogP contribution in [0.5, 0.6) is 5.75 Å². The quantitative estimate of drug-likeness (QED) is 0.921. The van der Waals surface area contributed by atoms with Crippen molar-refractivity contribution in [2.24, 2.45) is 5.73 Å². The summed E-state index contributed by atoms with van der Waals surface area (Å²) in [5.74, 6) is 0.113. The number of carbonyl (C=O) groups excluding carboxylic acids is 2. The van der Waals surface area contributed by atoms with Gasteiger partial charge < -0.3 is 15.4 Å². The minimum atomic E-state index is -0.525. The fourth-order valence-corrected chi connectivity index (χ4v) is 2.50. The van der Waals surface area contributed by atoms with Gasteiger partial charge in [0.15, 0.2) is 6.10 Å². The van der Waals surface area contributed by atoms with Crippen molar-refractivity contribution in [2.75, 3.05) is 13.1 Å². The third kappa shape index (κ3) is 4.21. The van der Waals surface area contributed by atoms with E-state index >= 15 is 0 Å². The second-order valence-electron chi connectivity index (χ2n) is 5.39. The van der Waals surface area contributed by atoms with Crippen molar-refractivity contribution in [1.82, 2.24) is 4.90 Å². The number of benzene rings is 1. The van der Waals surface area contributed by atoms with E-state index in [9.17, 15) is 9.59 Å². The molecule has 0 bridgehead atoms. The Labute approximate surface area is 125 Å². The molecule has 1 heterocycles. The zero-order valence-electron chi connectivity index (χ0n) is 12.4. The molecule has 0 aromatic heterocycles. The second kappa shape index (κ2) is 7.11. The highest BCUT2D eigenvalue weighted by Crippen LogP contribution is 2.16. The number of amides is 2. The summed E-state index contributed by atoms with van der Waals surface area (Å²) in [6.45, 7) is 3.38. The molecule has 2 N–H and O–H groups in total. The Hall–Kier alpha value is -2.04. The van der Waals surface area contributed by atoms with Crippen LogP contribution in [-0.4, -0.2) is 35.9 Å². The summed E-state index contributed by atoms with van der Waals surface area (Å²) in [7, 11) is 0. The van der Waals surface area contributed by atoms with Gasteiger partial charge in [-0.2, -0.15) is 0 Å². The van der Waals surface area contributed by atoms with Gasteiger partial charge >= 0.3 is 0 Å². The molecule has 0 saturated carbocycles. The zero-order chi connectivity index (χ0) is 15.2. The van der Waals surface area contributed by atoms with E-state index in [4.69, 9.17) is 10.5 Å². The summed E-state index contributed by atoms with van der Waals surface area (Å²) < 4.78 is 5.66. The lowest BCUT2D eigenvalue weighted by Gasteiger charge is -2.24. The van der Waals surface area contributed by atoms with E-state index in [1.807, 2.05) is 4.90 Å². The van der Waals surface area contributed by atoms with E-state index in [-0.39, 0.29) is 5.91 Å². The molecule has 0 radical (unpaired) electrons. The highest BCUT2D eigenvalue weighted by Gasteiger charge is 2.22. The van der Waals surface area contributed by atoms with Gasteiger partial charge in [-0.1, -0.05) is 12.8 Å². The van der Waals surface area contributed by atoms with E-state index in [2.05, 4.69) is 0 Å². The van der Waals surface area contributed by atoms with Gasteiger partial charge in [0, 0.05) is 18.7 Å². The maximum Gasteiger partial charge on any atom is 0.263 e. The Morgan fingerprint density at radius 3 is 2.19 bits per heavy atom. The molecular weight excluding hydrogens is 268 g/mol. The number of rotatable bonds is 4. The minimum absolute atomic E-state index is 0.0240. The van der Waals surface area contributed by atoms with Gasteiger partial charge in [0.05, 0.1) is 0 Å². The van der Waals surface area contributed by atoms with Crippen molar-refractivity contribution in [3.8, 4) is 5.75 Å². The smallest absolute Gasteiger partial charge is 0.263 e. The molecule has 1 saturated heterocycles. The van der Waals surface area contributed by atoms with Crippen molar-refractivity contribution in [3.63, 3.8) is 0 Å². The Bertz CT molecular complexity index is 491. The van der Waals surface area contributed by atoms with Crippen LogP contribution >= 0.6 is 0 Å². The lowest BCUT2D eigenvalue weighted by atomic mass is 10.2. The van der Waals surface area contributed by atoms with Gasteiger partial charge in [0.1, 0.15) is 5.75 Å². The summed E-state index contributed by atoms with van der Waals surface area (Å²) in [5.41, 5.74) is 5.61. The number of nitrogens with zero attached hydrogens (tertiary/aromatic N) is 1. The molecule has 1 fully saturated rings. The molecule has 0 aliphatic carbocycles. The molecular formula is C16H22N2O3. The van der Waals surface area contributed by atoms with Crippen molar-refractivity contribution in [3.05, 3.63) is 29.8 Å². The molecule has 1 aliphatic heterocycles. The molecule has 2 rings (SSSR count). The molecule has 21 heavy (non-hydrogen) atoms. The fourth-order valence-electron chi connectivity index (χ4n) is 2.50. The first-order valence-corrected chi connectivity index (χ1v) is 7.43. The van der Waals surface area contributed by atoms with Crippen molar-refractivity contribution < 1.29 is 14.3 Å². The van der Waals surface area contributed by atoms with Crippen LogP contribution in [0.3, 0.4) is 0 Å². The number of ether oxygens (including phenoxy) is 1. The predicted octanol–water partition coefficient (Wildman–Crippen LogP) is 1.96. The van der Waals surface area contributed by atoms with Gasteiger partial charge in [-0.25, -0.2) is 0 Å². The van der Waals surface area contributed by atoms with Gasteiger partial charge in [-0.05, 0) is 44.0 Å². The summed E-state index contributed by atoms with van der Waals surface area (Å²) in [4.78, 5) is 25.2.